The lowest BCUT2D eigenvalue weighted by atomic mass is 10.0. The Labute approximate surface area is 112 Å². The van der Waals surface area contributed by atoms with Crippen LogP contribution in [-0.2, 0) is 11.2 Å². The van der Waals surface area contributed by atoms with E-state index in [-0.39, 0.29) is 11.8 Å². The fourth-order valence-corrected chi connectivity index (χ4v) is 2.02. The zero-order valence-electron chi connectivity index (χ0n) is 10.1. The molecule has 0 heterocycles. The van der Waals surface area contributed by atoms with E-state index in [1.165, 1.54) is 0 Å². The zero-order valence-corrected chi connectivity index (χ0v) is 11.6. The van der Waals surface area contributed by atoms with Crippen LogP contribution in [-0.4, -0.2) is 18.4 Å². The molecule has 0 aromatic heterocycles. The minimum atomic E-state index is -0.137. The summed E-state index contributed by atoms with van der Waals surface area (Å²) in [6, 6.07) is 5.35. The molecular formula is C13H17Cl2NO. The van der Waals surface area contributed by atoms with Crippen LogP contribution in [0.1, 0.15) is 25.8 Å². The molecule has 0 fully saturated rings. The molecule has 0 radical (unpaired) electrons. The Kier molecular flexibility index (Phi) is 5.96. The van der Waals surface area contributed by atoms with E-state index < -0.39 is 0 Å². The molecule has 1 aromatic carbocycles. The van der Waals surface area contributed by atoms with Crippen LogP contribution < -0.4 is 5.32 Å². The van der Waals surface area contributed by atoms with Gasteiger partial charge in [0, 0.05) is 6.42 Å². The molecule has 17 heavy (non-hydrogen) atoms. The maximum absolute atomic E-state index is 11.7. The number of likely N-dealkylation sites (N-methyl/N-ethyl adjacent to an activating group) is 1. The molecule has 2 nitrogen and oxygen atoms in total. The second kappa shape index (κ2) is 7.00. The molecule has 4 heteroatoms. The van der Waals surface area contributed by atoms with E-state index in [9.17, 15) is 4.79 Å². The van der Waals surface area contributed by atoms with Gasteiger partial charge in [0.15, 0.2) is 0 Å². The average molecular weight is 274 g/mol. The van der Waals surface area contributed by atoms with Gasteiger partial charge in [-0.3, -0.25) is 4.79 Å². The van der Waals surface area contributed by atoms with Crippen LogP contribution in [0.25, 0.3) is 0 Å². The summed E-state index contributed by atoms with van der Waals surface area (Å²) in [7, 11) is 0. The van der Waals surface area contributed by atoms with Crippen LogP contribution in [0.5, 0.6) is 0 Å². The number of hydrogen-bond acceptors (Lipinski definition) is 2. The fourth-order valence-electron chi connectivity index (χ4n) is 1.69. The molecule has 1 unspecified atom stereocenters. The smallest absolute Gasteiger partial charge is 0.149 e. The van der Waals surface area contributed by atoms with Gasteiger partial charge < -0.3 is 5.32 Å². The summed E-state index contributed by atoms with van der Waals surface area (Å²) in [6.07, 6.45) is 1.19. The van der Waals surface area contributed by atoms with Crippen molar-refractivity contribution < 1.29 is 4.79 Å². The number of benzene rings is 1. The Morgan fingerprint density at radius 2 is 2.00 bits per heavy atom. The second-order valence-corrected chi connectivity index (χ2v) is 4.70. The van der Waals surface area contributed by atoms with Gasteiger partial charge in [0.05, 0.1) is 16.1 Å². The fraction of sp³-hybridized carbons (Fsp3) is 0.462. The van der Waals surface area contributed by atoms with Gasteiger partial charge in [-0.2, -0.15) is 0 Å². The molecule has 1 atom stereocenters. The van der Waals surface area contributed by atoms with Crippen LogP contribution in [0.2, 0.25) is 10.0 Å². The lowest BCUT2D eigenvalue weighted by molar-refractivity contribution is -0.120. The van der Waals surface area contributed by atoms with Gasteiger partial charge in [0.2, 0.25) is 0 Å². The van der Waals surface area contributed by atoms with Crippen molar-refractivity contribution in [1.29, 1.82) is 0 Å². The lowest BCUT2D eigenvalue weighted by Crippen LogP contribution is -2.38. The van der Waals surface area contributed by atoms with Gasteiger partial charge in [-0.25, -0.2) is 0 Å². The van der Waals surface area contributed by atoms with Crippen LogP contribution in [0.4, 0.5) is 0 Å². The van der Waals surface area contributed by atoms with Crippen molar-refractivity contribution in [2.75, 3.05) is 6.54 Å². The lowest BCUT2D eigenvalue weighted by Gasteiger charge is -2.16. The van der Waals surface area contributed by atoms with Crippen molar-refractivity contribution in [3.8, 4) is 0 Å². The minimum absolute atomic E-state index is 0.137. The first kappa shape index (κ1) is 14.5. The largest absolute Gasteiger partial charge is 0.307 e. The monoisotopic (exact) mass is 273 g/mol. The van der Waals surface area contributed by atoms with Gasteiger partial charge in [0.1, 0.15) is 5.78 Å². The molecule has 0 amide bonds. The van der Waals surface area contributed by atoms with Crippen LogP contribution >= 0.6 is 23.2 Å². The number of hydrogen-bond donors (Lipinski definition) is 1. The summed E-state index contributed by atoms with van der Waals surface area (Å²) >= 11 is 11.8. The van der Waals surface area contributed by atoms with Gasteiger partial charge in [-0.05, 0) is 30.7 Å². The summed E-state index contributed by atoms with van der Waals surface area (Å²) < 4.78 is 0. The highest BCUT2D eigenvalue weighted by Crippen LogP contribution is 2.23. The minimum Gasteiger partial charge on any atom is -0.307 e. The zero-order chi connectivity index (χ0) is 12.8. The van der Waals surface area contributed by atoms with E-state index in [1.807, 2.05) is 26.0 Å². The maximum Gasteiger partial charge on any atom is 0.149 e. The number of ketones is 1. The topological polar surface area (TPSA) is 29.1 Å². The summed E-state index contributed by atoms with van der Waals surface area (Å²) in [4.78, 5) is 11.7. The normalized spacial score (nSPS) is 12.5. The molecule has 0 aliphatic rings. The Bertz CT molecular complexity index is 393. The van der Waals surface area contributed by atoms with Gasteiger partial charge >= 0.3 is 0 Å². The van der Waals surface area contributed by atoms with E-state index in [2.05, 4.69) is 5.32 Å². The Morgan fingerprint density at radius 1 is 1.29 bits per heavy atom. The van der Waals surface area contributed by atoms with Crippen molar-refractivity contribution in [2.45, 2.75) is 32.7 Å². The van der Waals surface area contributed by atoms with Crippen molar-refractivity contribution >= 4 is 29.0 Å². The number of Topliss-reactive ketones (excluding diaryl/α,β-unsaturated/α-hetero) is 1. The van der Waals surface area contributed by atoms with Crippen molar-refractivity contribution in [1.82, 2.24) is 5.32 Å². The highest BCUT2D eigenvalue weighted by molar-refractivity contribution is 6.42. The van der Waals surface area contributed by atoms with E-state index >= 15 is 0 Å². The van der Waals surface area contributed by atoms with Gasteiger partial charge in [0.25, 0.3) is 0 Å². The van der Waals surface area contributed by atoms with Crippen molar-refractivity contribution in [3.63, 3.8) is 0 Å². The Hall–Kier alpha value is -0.570. The van der Waals surface area contributed by atoms with Crippen LogP contribution in [0.3, 0.4) is 0 Å². The molecule has 0 aliphatic heterocycles. The molecule has 1 rings (SSSR count). The van der Waals surface area contributed by atoms with Crippen LogP contribution in [0.15, 0.2) is 18.2 Å². The van der Waals surface area contributed by atoms with Crippen LogP contribution in [0, 0.1) is 0 Å². The molecular weight excluding hydrogens is 257 g/mol. The Balaban J connectivity index is 2.78. The maximum atomic E-state index is 11.7. The number of rotatable bonds is 6. The standard InChI is InChI=1S/C13H17Cl2NO/c1-3-13(17)12(16-4-2)8-9-5-6-10(14)11(15)7-9/h5-7,12,16H,3-4,8H2,1-2H3. The first-order chi connectivity index (χ1) is 8.08. The number of carbonyl (C=O) groups is 1. The first-order valence-electron chi connectivity index (χ1n) is 5.78. The Morgan fingerprint density at radius 3 is 2.53 bits per heavy atom. The quantitative estimate of drug-likeness (QED) is 0.860. The summed E-state index contributed by atoms with van der Waals surface area (Å²) in [5, 5.41) is 4.26. The highest BCUT2D eigenvalue weighted by atomic mass is 35.5. The molecule has 0 spiro atoms. The van der Waals surface area contributed by atoms with Gasteiger partial charge in [-0.15, -0.1) is 0 Å². The third kappa shape index (κ3) is 4.30. The second-order valence-electron chi connectivity index (χ2n) is 3.88. The molecule has 0 saturated heterocycles. The third-order valence-corrected chi connectivity index (χ3v) is 3.35. The molecule has 1 N–H and O–H groups in total. The summed E-state index contributed by atoms with van der Waals surface area (Å²) in [5.41, 5.74) is 1.02. The van der Waals surface area contributed by atoms with Gasteiger partial charge in [-0.1, -0.05) is 43.1 Å². The first-order valence-corrected chi connectivity index (χ1v) is 6.54. The average Bonchev–Trinajstić information content (AvgIpc) is 2.32. The van der Waals surface area contributed by atoms with E-state index in [0.717, 1.165) is 12.1 Å². The molecule has 94 valence electrons. The van der Waals surface area contributed by atoms with E-state index in [0.29, 0.717) is 22.9 Å². The molecule has 0 aliphatic carbocycles. The molecule has 0 bridgehead atoms. The SMILES string of the molecule is CCNC(Cc1ccc(Cl)c(Cl)c1)C(=O)CC. The highest BCUT2D eigenvalue weighted by Gasteiger charge is 2.16. The molecule has 0 saturated carbocycles. The summed E-state index contributed by atoms with van der Waals surface area (Å²) in [6.45, 7) is 4.64. The van der Waals surface area contributed by atoms with E-state index in [1.54, 1.807) is 6.07 Å². The predicted octanol–water partition coefficient (Wildman–Crippen LogP) is 3.49. The summed E-state index contributed by atoms with van der Waals surface area (Å²) in [5.74, 6) is 0.220. The molecule has 1 aromatic rings. The number of carbonyl (C=O) groups excluding carboxylic acids is 1. The number of nitrogens with one attached hydrogen (secondary N) is 1. The van der Waals surface area contributed by atoms with Crippen molar-refractivity contribution in [2.24, 2.45) is 0 Å². The number of halogens is 2. The van der Waals surface area contributed by atoms with Crippen molar-refractivity contribution in [3.05, 3.63) is 33.8 Å². The predicted molar refractivity (Wildman–Crippen MR) is 72.9 cm³/mol. The third-order valence-electron chi connectivity index (χ3n) is 2.61. The van der Waals surface area contributed by atoms with E-state index in [4.69, 9.17) is 23.2 Å².